The van der Waals surface area contributed by atoms with Crippen LogP contribution < -0.4 is 0 Å². The molecule has 15 heavy (non-hydrogen) atoms. The quantitative estimate of drug-likeness (QED) is 0.631. The van der Waals surface area contributed by atoms with Gasteiger partial charge < -0.3 is 10.2 Å². The van der Waals surface area contributed by atoms with Crippen molar-refractivity contribution in [3.05, 3.63) is 11.6 Å². The third-order valence-electron chi connectivity index (χ3n) is 4.03. The van der Waals surface area contributed by atoms with Gasteiger partial charge in [-0.05, 0) is 37.8 Å². The van der Waals surface area contributed by atoms with Crippen LogP contribution in [-0.2, 0) is 4.79 Å². The smallest absolute Gasteiger partial charge is 0.155 e. The highest BCUT2D eigenvalue weighted by Crippen LogP contribution is 2.50. The Hall–Kier alpha value is -0.670. The van der Waals surface area contributed by atoms with Crippen molar-refractivity contribution < 1.29 is 15.0 Å². The van der Waals surface area contributed by atoms with E-state index in [4.69, 9.17) is 0 Å². The average Bonchev–Trinajstić information content (AvgIpc) is 2.16. The molecule has 2 aliphatic rings. The largest absolute Gasteiger partial charge is 0.392 e. The van der Waals surface area contributed by atoms with Gasteiger partial charge in [0.25, 0.3) is 0 Å². The van der Waals surface area contributed by atoms with E-state index in [2.05, 4.69) is 0 Å². The van der Waals surface area contributed by atoms with Crippen LogP contribution in [0.15, 0.2) is 11.6 Å². The van der Waals surface area contributed by atoms with Gasteiger partial charge in [0.05, 0.1) is 11.7 Å². The molecule has 84 valence electrons. The zero-order chi connectivity index (χ0) is 11.3. The van der Waals surface area contributed by atoms with E-state index in [1.807, 2.05) is 6.92 Å². The van der Waals surface area contributed by atoms with Crippen molar-refractivity contribution in [3.63, 3.8) is 0 Å². The topological polar surface area (TPSA) is 57.5 Å². The molecule has 0 heterocycles. The molecule has 0 aromatic carbocycles. The monoisotopic (exact) mass is 210 g/mol. The van der Waals surface area contributed by atoms with Crippen LogP contribution in [0.3, 0.4) is 0 Å². The number of carbonyl (C=O) groups excluding carboxylic acids is 1. The van der Waals surface area contributed by atoms with Gasteiger partial charge in [0.1, 0.15) is 0 Å². The van der Waals surface area contributed by atoms with E-state index in [-0.39, 0.29) is 5.78 Å². The summed E-state index contributed by atoms with van der Waals surface area (Å²) in [6.07, 6.45) is 3.38. The third kappa shape index (κ3) is 1.54. The predicted molar refractivity (Wildman–Crippen MR) is 56.3 cm³/mol. The Balaban J connectivity index is 2.48. The number of allylic oxidation sites excluding steroid dienone is 1. The molecular weight excluding hydrogens is 192 g/mol. The lowest BCUT2D eigenvalue weighted by molar-refractivity contribution is -0.118. The fourth-order valence-corrected chi connectivity index (χ4v) is 2.90. The van der Waals surface area contributed by atoms with E-state index in [1.54, 1.807) is 13.0 Å². The molecule has 0 unspecified atom stereocenters. The van der Waals surface area contributed by atoms with Crippen molar-refractivity contribution >= 4 is 5.78 Å². The molecule has 0 amide bonds. The van der Waals surface area contributed by atoms with Gasteiger partial charge in [-0.3, -0.25) is 4.79 Å². The van der Waals surface area contributed by atoms with Crippen LogP contribution in [0.25, 0.3) is 0 Å². The van der Waals surface area contributed by atoms with Gasteiger partial charge in [-0.25, -0.2) is 0 Å². The SMILES string of the molecule is C[C@]1(O)CC[C@H](O)[C@@]2(C)CCC(=O)C=C12. The van der Waals surface area contributed by atoms with Gasteiger partial charge in [-0.15, -0.1) is 0 Å². The molecule has 0 bridgehead atoms. The molecule has 0 aromatic heterocycles. The minimum atomic E-state index is -0.927. The van der Waals surface area contributed by atoms with Crippen molar-refractivity contribution in [2.75, 3.05) is 0 Å². The number of carbonyl (C=O) groups is 1. The number of hydrogen-bond donors (Lipinski definition) is 2. The van der Waals surface area contributed by atoms with Crippen LogP contribution >= 0.6 is 0 Å². The highest BCUT2D eigenvalue weighted by molar-refractivity contribution is 5.92. The first-order valence-corrected chi connectivity index (χ1v) is 5.52. The van der Waals surface area contributed by atoms with Crippen molar-refractivity contribution in [1.82, 2.24) is 0 Å². The first-order chi connectivity index (χ1) is 6.86. The molecule has 0 saturated heterocycles. The standard InChI is InChI=1S/C12H18O3/c1-11-5-3-8(13)7-9(11)12(2,15)6-4-10(11)14/h7,10,14-15H,3-6H2,1-2H3/t10-,11-,12-/m0/s1. The van der Waals surface area contributed by atoms with Crippen molar-refractivity contribution in [1.29, 1.82) is 0 Å². The summed E-state index contributed by atoms with van der Waals surface area (Å²) in [6, 6.07) is 0. The molecule has 2 N–H and O–H groups in total. The first-order valence-electron chi connectivity index (χ1n) is 5.52. The lowest BCUT2D eigenvalue weighted by Crippen LogP contribution is -2.50. The minimum Gasteiger partial charge on any atom is -0.392 e. The lowest BCUT2D eigenvalue weighted by Gasteiger charge is -2.49. The molecule has 3 nitrogen and oxygen atoms in total. The van der Waals surface area contributed by atoms with E-state index in [0.717, 1.165) is 5.57 Å². The maximum absolute atomic E-state index is 11.4. The van der Waals surface area contributed by atoms with E-state index in [9.17, 15) is 15.0 Å². The Morgan fingerprint density at radius 2 is 2.07 bits per heavy atom. The van der Waals surface area contributed by atoms with Crippen molar-refractivity contribution in [2.24, 2.45) is 5.41 Å². The van der Waals surface area contributed by atoms with Crippen molar-refractivity contribution in [3.8, 4) is 0 Å². The highest BCUT2D eigenvalue weighted by Gasteiger charge is 2.50. The van der Waals surface area contributed by atoms with Crippen molar-refractivity contribution in [2.45, 2.75) is 51.2 Å². The Bertz CT molecular complexity index is 330. The predicted octanol–water partition coefficient (Wildman–Crippen LogP) is 1.19. The van der Waals surface area contributed by atoms with Gasteiger partial charge in [0, 0.05) is 11.8 Å². The number of hydrogen-bond acceptors (Lipinski definition) is 3. The number of rotatable bonds is 0. The normalized spacial score (nSPS) is 46.0. The molecule has 2 rings (SSSR count). The van der Waals surface area contributed by atoms with Gasteiger partial charge in [-0.2, -0.15) is 0 Å². The van der Waals surface area contributed by atoms with Crippen LogP contribution in [-0.4, -0.2) is 27.7 Å². The molecule has 0 aromatic rings. The fraction of sp³-hybridized carbons (Fsp3) is 0.750. The van der Waals surface area contributed by atoms with E-state index >= 15 is 0 Å². The van der Waals surface area contributed by atoms with E-state index in [1.165, 1.54) is 0 Å². The Morgan fingerprint density at radius 1 is 1.40 bits per heavy atom. The summed E-state index contributed by atoms with van der Waals surface area (Å²) in [5.74, 6) is 0.0665. The summed E-state index contributed by atoms with van der Waals surface area (Å²) in [4.78, 5) is 11.4. The van der Waals surface area contributed by atoms with Gasteiger partial charge in [0.2, 0.25) is 0 Å². The molecule has 0 spiro atoms. The van der Waals surface area contributed by atoms with Crippen LogP contribution in [0.5, 0.6) is 0 Å². The highest BCUT2D eigenvalue weighted by atomic mass is 16.3. The minimum absolute atomic E-state index is 0.0665. The molecule has 3 atom stereocenters. The Labute approximate surface area is 89.8 Å². The second kappa shape index (κ2) is 3.16. The summed E-state index contributed by atoms with van der Waals surface area (Å²) in [7, 11) is 0. The summed E-state index contributed by atoms with van der Waals surface area (Å²) in [5, 5.41) is 20.3. The number of ketones is 1. The summed E-state index contributed by atoms with van der Waals surface area (Å²) >= 11 is 0. The molecule has 3 heteroatoms. The average molecular weight is 210 g/mol. The van der Waals surface area contributed by atoms with Crippen LogP contribution in [0.4, 0.5) is 0 Å². The van der Waals surface area contributed by atoms with E-state index in [0.29, 0.717) is 25.7 Å². The van der Waals surface area contributed by atoms with Gasteiger partial charge in [0.15, 0.2) is 5.78 Å². The summed E-state index contributed by atoms with van der Waals surface area (Å²) < 4.78 is 0. The molecule has 0 radical (unpaired) electrons. The van der Waals surface area contributed by atoms with E-state index < -0.39 is 17.1 Å². The maximum Gasteiger partial charge on any atom is 0.155 e. The first kappa shape index (κ1) is 10.8. The zero-order valence-corrected chi connectivity index (χ0v) is 9.29. The van der Waals surface area contributed by atoms with Crippen LogP contribution in [0.1, 0.15) is 39.5 Å². The summed E-state index contributed by atoms with van der Waals surface area (Å²) in [6.45, 7) is 3.69. The number of aliphatic hydroxyl groups is 2. The lowest BCUT2D eigenvalue weighted by atomic mass is 9.59. The Morgan fingerprint density at radius 3 is 2.73 bits per heavy atom. The van der Waals surface area contributed by atoms with Gasteiger partial charge >= 0.3 is 0 Å². The molecular formula is C12H18O3. The number of fused-ring (bicyclic) bond motifs is 1. The zero-order valence-electron chi connectivity index (χ0n) is 9.29. The molecule has 1 saturated carbocycles. The second-order valence-corrected chi connectivity index (χ2v) is 5.27. The van der Waals surface area contributed by atoms with Gasteiger partial charge in [-0.1, -0.05) is 6.92 Å². The molecule has 2 aliphatic carbocycles. The maximum atomic E-state index is 11.4. The number of aliphatic hydroxyl groups excluding tert-OH is 1. The molecule has 0 aliphatic heterocycles. The summed E-state index contributed by atoms with van der Waals surface area (Å²) in [5.41, 5.74) is -0.607. The van der Waals surface area contributed by atoms with Crippen LogP contribution in [0.2, 0.25) is 0 Å². The molecule has 1 fully saturated rings. The Kier molecular flexibility index (Phi) is 2.28. The fourth-order valence-electron chi connectivity index (χ4n) is 2.90. The third-order valence-corrected chi connectivity index (χ3v) is 4.03. The van der Waals surface area contributed by atoms with Crippen LogP contribution in [0, 0.1) is 5.41 Å². The second-order valence-electron chi connectivity index (χ2n) is 5.27.